The maximum atomic E-state index is 12.2. The smallest absolute Gasteiger partial charge is 0.163 e. The van der Waals surface area contributed by atoms with Gasteiger partial charge in [-0.1, -0.05) is 39.5 Å². The Morgan fingerprint density at radius 2 is 2.22 bits per heavy atom. The highest BCUT2D eigenvalue weighted by molar-refractivity contribution is 5.96. The maximum Gasteiger partial charge on any atom is 0.163 e. The van der Waals surface area contributed by atoms with Crippen LogP contribution in [0.15, 0.2) is 18.3 Å². The number of pyridine rings is 1. The zero-order chi connectivity index (χ0) is 13.4. The lowest BCUT2D eigenvalue weighted by Crippen LogP contribution is -2.10. The number of rotatable bonds is 8. The fourth-order valence-electron chi connectivity index (χ4n) is 2.09. The van der Waals surface area contributed by atoms with Crippen LogP contribution in [-0.4, -0.2) is 10.8 Å². The van der Waals surface area contributed by atoms with E-state index in [2.05, 4.69) is 18.8 Å². The number of nitrogens with two attached hydrogens (primary N) is 1. The molecule has 1 atom stereocenters. The zero-order valence-corrected chi connectivity index (χ0v) is 11.5. The summed E-state index contributed by atoms with van der Waals surface area (Å²) in [5.74, 6) is 0.724. The van der Waals surface area contributed by atoms with Crippen molar-refractivity contribution in [2.45, 2.75) is 52.5 Å². The molecule has 0 radical (unpaired) electrons. The molecule has 0 saturated heterocycles. The van der Waals surface area contributed by atoms with Crippen molar-refractivity contribution in [3.05, 3.63) is 29.6 Å². The standard InChI is InChI=1S/C15H24N2O/c1-3-5-6-12(4-2)9-15(18)13-7-8-17-14(10-13)11-16/h7-8,10,12H,3-6,9,11,16H2,1-2H3. The summed E-state index contributed by atoms with van der Waals surface area (Å²) in [5.41, 5.74) is 7.07. The van der Waals surface area contributed by atoms with Gasteiger partial charge < -0.3 is 5.73 Å². The molecule has 18 heavy (non-hydrogen) atoms. The van der Waals surface area contributed by atoms with Gasteiger partial charge in [-0.2, -0.15) is 0 Å². The minimum atomic E-state index is 0.218. The summed E-state index contributed by atoms with van der Waals surface area (Å²) in [6.45, 7) is 4.73. The van der Waals surface area contributed by atoms with E-state index in [0.29, 0.717) is 18.9 Å². The normalized spacial score (nSPS) is 12.4. The van der Waals surface area contributed by atoms with Crippen LogP contribution >= 0.6 is 0 Å². The zero-order valence-electron chi connectivity index (χ0n) is 11.5. The Balaban J connectivity index is 2.62. The van der Waals surface area contributed by atoms with E-state index in [9.17, 15) is 4.79 Å². The molecule has 0 aliphatic heterocycles. The van der Waals surface area contributed by atoms with Crippen molar-refractivity contribution in [3.8, 4) is 0 Å². The van der Waals surface area contributed by atoms with E-state index in [1.807, 2.05) is 6.07 Å². The second-order valence-corrected chi connectivity index (χ2v) is 4.78. The highest BCUT2D eigenvalue weighted by atomic mass is 16.1. The molecule has 0 aliphatic carbocycles. The van der Waals surface area contributed by atoms with E-state index in [-0.39, 0.29) is 5.78 Å². The van der Waals surface area contributed by atoms with Crippen molar-refractivity contribution in [1.82, 2.24) is 4.98 Å². The Labute approximate surface area is 110 Å². The van der Waals surface area contributed by atoms with Gasteiger partial charge in [0, 0.05) is 24.7 Å². The summed E-state index contributed by atoms with van der Waals surface area (Å²) in [5, 5.41) is 0. The lowest BCUT2D eigenvalue weighted by Gasteiger charge is -2.13. The molecule has 0 aliphatic rings. The molecule has 1 aromatic rings. The van der Waals surface area contributed by atoms with E-state index in [1.165, 1.54) is 12.8 Å². The summed E-state index contributed by atoms with van der Waals surface area (Å²) in [6.07, 6.45) is 6.93. The number of aromatic nitrogens is 1. The average Bonchev–Trinajstić information content (AvgIpc) is 2.43. The van der Waals surface area contributed by atoms with Gasteiger partial charge in [0.05, 0.1) is 5.69 Å². The van der Waals surface area contributed by atoms with Crippen molar-refractivity contribution < 1.29 is 4.79 Å². The third-order valence-corrected chi connectivity index (χ3v) is 3.37. The maximum absolute atomic E-state index is 12.2. The molecule has 0 amide bonds. The molecule has 100 valence electrons. The number of hydrogen-bond donors (Lipinski definition) is 1. The minimum Gasteiger partial charge on any atom is -0.325 e. The lowest BCUT2D eigenvalue weighted by atomic mass is 9.92. The summed E-state index contributed by atoms with van der Waals surface area (Å²) >= 11 is 0. The van der Waals surface area contributed by atoms with Gasteiger partial charge in [0.2, 0.25) is 0 Å². The molecule has 1 aromatic heterocycles. The molecule has 2 N–H and O–H groups in total. The van der Waals surface area contributed by atoms with Gasteiger partial charge >= 0.3 is 0 Å². The van der Waals surface area contributed by atoms with E-state index in [0.717, 1.165) is 24.1 Å². The Morgan fingerprint density at radius 1 is 1.44 bits per heavy atom. The second kappa shape index (κ2) is 7.98. The first-order valence-corrected chi connectivity index (χ1v) is 6.89. The summed E-state index contributed by atoms with van der Waals surface area (Å²) in [4.78, 5) is 16.3. The molecular weight excluding hydrogens is 224 g/mol. The monoisotopic (exact) mass is 248 g/mol. The van der Waals surface area contributed by atoms with Crippen LogP contribution in [0.3, 0.4) is 0 Å². The Hall–Kier alpha value is -1.22. The van der Waals surface area contributed by atoms with Crippen LogP contribution in [0.4, 0.5) is 0 Å². The summed E-state index contributed by atoms with van der Waals surface area (Å²) < 4.78 is 0. The molecule has 1 heterocycles. The number of carbonyl (C=O) groups is 1. The molecule has 0 spiro atoms. The summed E-state index contributed by atoms with van der Waals surface area (Å²) in [7, 11) is 0. The lowest BCUT2D eigenvalue weighted by molar-refractivity contribution is 0.0956. The Morgan fingerprint density at radius 3 is 2.83 bits per heavy atom. The van der Waals surface area contributed by atoms with E-state index in [4.69, 9.17) is 5.73 Å². The molecular formula is C15H24N2O. The predicted molar refractivity (Wildman–Crippen MR) is 74.4 cm³/mol. The largest absolute Gasteiger partial charge is 0.325 e. The SMILES string of the molecule is CCCCC(CC)CC(=O)c1ccnc(CN)c1. The fourth-order valence-corrected chi connectivity index (χ4v) is 2.09. The third-order valence-electron chi connectivity index (χ3n) is 3.37. The number of hydrogen-bond acceptors (Lipinski definition) is 3. The van der Waals surface area contributed by atoms with Crippen molar-refractivity contribution in [1.29, 1.82) is 0 Å². The number of carbonyl (C=O) groups excluding carboxylic acids is 1. The number of nitrogens with zero attached hydrogens (tertiary/aromatic N) is 1. The van der Waals surface area contributed by atoms with Crippen LogP contribution < -0.4 is 5.73 Å². The molecule has 3 heteroatoms. The number of ketones is 1. The van der Waals surface area contributed by atoms with E-state index >= 15 is 0 Å². The molecule has 0 saturated carbocycles. The number of unbranched alkanes of at least 4 members (excludes halogenated alkanes) is 1. The van der Waals surface area contributed by atoms with E-state index < -0.39 is 0 Å². The van der Waals surface area contributed by atoms with Crippen LogP contribution in [0, 0.1) is 5.92 Å². The van der Waals surface area contributed by atoms with Crippen LogP contribution in [-0.2, 0) is 6.54 Å². The highest BCUT2D eigenvalue weighted by Crippen LogP contribution is 2.19. The van der Waals surface area contributed by atoms with Gasteiger partial charge in [-0.3, -0.25) is 9.78 Å². The van der Waals surface area contributed by atoms with Gasteiger partial charge in [0.1, 0.15) is 0 Å². The first-order valence-electron chi connectivity index (χ1n) is 6.89. The van der Waals surface area contributed by atoms with Crippen molar-refractivity contribution in [2.24, 2.45) is 11.7 Å². The van der Waals surface area contributed by atoms with Gasteiger partial charge in [-0.25, -0.2) is 0 Å². The summed E-state index contributed by atoms with van der Waals surface area (Å²) in [6, 6.07) is 3.60. The second-order valence-electron chi connectivity index (χ2n) is 4.78. The van der Waals surface area contributed by atoms with Gasteiger partial charge in [0.25, 0.3) is 0 Å². The molecule has 1 unspecified atom stereocenters. The van der Waals surface area contributed by atoms with E-state index in [1.54, 1.807) is 12.3 Å². The molecule has 1 rings (SSSR count). The highest BCUT2D eigenvalue weighted by Gasteiger charge is 2.13. The Bertz CT molecular complexity index is 377. The molecule has 3 nitrogen and oxygen atoms in total. The quantitative estimate of drug-likeness (QED) is 0.718. The average molecular weight is 248 g/mol. The topological polar surface area (TPSA) is 56.0 Å². The third kappa shape index (κ3) is 4.57. The molecule has 0 fully saturated rings. The van der Waals surface area contributed by atoms with Gasteiger partial charge in [0.15, 0.2) is 5.78 Å². The van der Waals surface area contributed by atoms with Crippen LogP contribution in [0.2, 0.25) is 0 Å². The Kier molecular flexibility index (Phi) is 6.58. The van der Waals surface area contributed by atoms with Crippen LogP contribution in [0.1, 0.15) is 62.0 Å². The van der Waals surface area contributed by atoms with Gasteiger partial charge in [-0.05, 0) is 18.1 Å². The predicted octanol–water partition coefficient (Wildman–Crippen LogP) is 3.33. The molecule has 0 bridgehead atoms. The van der Waals surface area contributed by atoms with Crippen LogP contribution in [0.25, 0.3) is 0 Å². The van der Waals surface area contributed by atoms with Gasteiger partial charge in [-0.15, -0.1) is 0 Å². The minimum absolute atomic E-state index is 0.218. The first kappa shape index (κ1) is 14.8. The molecule has 0 aromatic carbocycles. The first-order chi connectivity index (χ1) is 8.71. The van der Waals surface area contributed by atoms with Crippen molar-refractivity contribution >= 4 is 5.78 Å². The van der Waals surface area contributed by atoms with Crippen molar-refractivity contribution in [3.63, 3.8) is 0 Å². The number of Topliss-reactive ketones (excluding diaryl/α,β-unsaturated/α-hetero) is 1. The fraction of sp³-hybridized carbons (Fsp3) is 0.600. The van der Waals surface area contributed by atoms with Crippen LogP contribution in [0.5, 0.6) is 0 Å². The van der Waals surface area contributed by atoms with Crippen molar-refractivity contribution in [2.75, 3.05) is 0 Å².